The number of halogens is 3. The molecule has 0 saturated heterocycles. The molecule has 0 unspecified atom stereocenters. The topological polar surface area (TPSA) is 102 Å². The minimum absolute atomic E-state index is 0.00220. The van der Waals surface area contributed by atoms with E-state index in [-0.39, 0.29) is 23.1 Å². The molecule has 0 atom stereocenters. The summed E-state index contributed by atoms with van der Waals surface area (Å²) in [5.74, 6) is -0.336. The smallest absolute Gasteiger partial charge is 0.372 e. The highest BCUT2D eigenvalue weighted by Crippen LogP contribution is 2.37. The summed E-state index contributed by atoms with van der Waals surface area (Å²) >= 11 is 0. The monoisotopic (exact) mass is 404 g/mol. The highest BCUT2D eigenvalue weighted by molar-refractivity contribution is 7.91. The van der Waals surface area contributed by atoms with Gasteiger partial charge in [-0.2, -0.15) is 23.3 Å². The largest absolute Gasteiger partial charge is 0.421 e. The number of alkyl halides is 3. The Balaban J connectivity index is 1.77. The highest BCUT2D eigenvalue weighted by atomic mass is 32.2. The van der Waals surface area contributed by atoms with Gasteiger partial charge >= 0.3 is 6.18 Å². The second-order valence-electron chi connectivity index (χ2n) is 6.51. The molecule has 1 fully saturated rings. The molecule has 0 bridgehead atoms. The molecule has 2 N–H and O–H groups in total. The first-order valence-electron chi connectivity index (χ1n) is 8.12. The number of anilines is 3. The fraction of sp³-hybridized carbons (Fsp3) is 0.533. The molecule has 148 valence electrons. The van der Waals surface area contributed by atoms with E-state index in [0.29, 0.717) is 30.4 Å². The third-order valence-electron chi connectivity index (χ3n) is 4.54. The third-order valence-corrected chi connectivity index (χ3v) is 6.14. The Bertz CT molecular complexity index is 951. The molecule has 8 nitrogen and oxygen atoms in total. The maximum Gasteiger partial charge on any atom is 0.421 e. The van der Waals surface area contributed by atoms with Crippen molar-refractivity contribution >= 4 is 27.3 Å². The van der Waals surface area contributed by atoms with E-state index in [0.717, 1.165) is 0 Å². The Morgan fingerprint density at radius 2 is 1.96 bits per heavy atom. The number of hydrogen-bond acceptors (Lipinski definition) is 7. The molecule has 1 aliphatic carbocycles. The molecule has 0 amide bonds. The normalized spacial score (nSPS) is 20.2. The van der Waals surface area contributed by atoms with Crippen molar-refractivity contribution in [2.45, 2.75) is 37.2 Å². The predicted octanol–water partition coefficient (Wildman–Crippen LogP) is 2.53. The number of sulfone groups is 1. The van der Waals surface area contributed by atoms with Crippen LogP contribution in [0.3, 0.4) is 0 Å². The summed E-state index contributed by atoms with van der Waals surface area (Å²) in [5, 5.41) is 9.27. The molecule has 2 heterocycles. The van der Waals surface area contributed by atoms with E-state index in [4.69, 9.17) is 0 Å². The van der Waals surface area contributed by atoms with E-state index < -0.39 is 21.6 Å². The summed E-state index contributed by atoms with van der Waals surface area (Å²) in [6, 6.07) is -0.0274. The predicted molar refractivity (Wildman–Crippen MR) is 93.7 cm³/mol. The lowest BCUT2D eigenvalue weighted by atomic mass is 9.92. The Hall–Kier alpha value is -2.37. The molecule has 2 aromatic heterocycles. The highest BCUT2D eigenvalue weighted by Gasteiger charge is 2.38. The molecule has 1 saturated carbocycles. The lowest BCUT2D eigenvalue weighted by Crippen LogP contribution is -2.37. The maximum absolute atomic E-state index is 12.9. The minimum atomic E-state index is -4.56. The van der Waals surface area contributed by atoms with Crippen molar-refractivity contribution < 1.29 is 21.6 Å². The van der Waals surface area contributed by atoms with Gasteiger partial charge < -0.3 is 10.6 Å². The van der Waals surface area contributed by atoms with Gasteiger partial charge in [0, 0.05) is 25.7 Å². The van der Waals surface area contributed by atoms with Gasteiger partial charge in [0.15, 0.2) is 0 Å². The summed E-state index contributed by atoms with van der Waals surface area (Å²) < 4.78 is 63.4. The summed E-state index contributed by atoms with van der Waals surface area (Å²) in [6.07, 6.45) is 0.0246. The van der Waals surface area contributed by atoms with Gasteiger partial charge in [0.2, 0.25) is 5.95 Å². The van der Waals surface area contributed by atoms with Gasteiger partial charge in [-0.1, -0.05) is 0 Å². The molecule has 3 rings (SSSR count). The standard InChI is InChI=1S/C15H19F3N6O2S/c1-8-12(7-24(23-8)9-4-10(5-9)27(3,25)26)21-14-20-6-11(15(16,17)18)13(19-2)22-14/h6-7,9-10H,4-5H2,1-3H3,(H2,19,20,21,22)/t9-,10+. The van der Waals surface area contributed by atoms with E-state index in [1.807, 2.05) is 0 Å². The number of aryl methyl sites for hydroxylation is 1. The molecule has 12 heteroatoms. The van der Waals surface area contributed by atoms with Gasteiger partial charge in [-0.25, -0.2) is 13.4 Å². The minimum Gasteiger partial charge on any atom is -0.372 e. The van der Waals surface area contributed by atoms with Crippen LogP contribution < -0.4 is 10.6 Å². The van der Waals surface area contributed by atoms with Gasteiger partial charge in [0.25, 0.3) is 0 Å². The molecule has 0 aromatic carbocycles. The summed E-state index contributed by atoms with van der Waals surface area (Å²) in [5.41, 5.74) is 0.191. The van der Waals surface area contributed by atoms with Crippen LogP contribution in [-0.4, -0.2) is 46.7 Å². The lowest BCUT2D eigenvalue weighted by Gasteiger charge is -2.33. The van der Waals surface area contributed by atoms with Crippen LogP contribution in [0.15, 0.2) is 12.4 Å². The van der Waals surface area contributed by atoms with E-state index in [9.17, 15) is 21.6 Å². The zero-order chi connectivity index (χ0) is 20.0. The first-order valence-corrected chi connectivity index (χ1v) is 10.1. The van der Waals surface area contributed by atoms with Gasteiger partial charge in [-0.3, -0.25) is 4.68 Å². The zero-order valence-corrected chi connectivity index (χ0v) is 15.7. The van der Waals surface area contributed by atoms with Crippen molar-refractivity contribution in [1.29, 1.82) is 0 Å². The summed E-state index contributed by atoms with van der Waals surface area (Å²) in [4.78, 5) is 7.58. The molecular formula is C15H19F3N6O2S. The van der Waals surface area contributed by atoms with Crippen molar-refractivity contribution in [3.63, 3.8) is 0 Å². The number of hydrogen-bond donors (Lipinski definition) is 2. The molecule has 0 radical (unpaired) electrons. The number of rotatable bonds is 5. The van der Waals surface area contributed by atoms with Crippen molar-refractivity contribution in [3.05, 3.63) is 23.7 Å². The quantitative estimate of drug-likeness (QED) is 0.790. The van der Waals surface area contributed by atoms with Gasteiger partial charge in [-0.05, 0) is 19.8 Å². The first-order chi connectivity index (χ1) is 12.5. The van der Waals surface area contributed by atoms with Gasteiger partial charge in [0.1, 0.15) is 21.2 Å². The van der Waals surface area contributed by atoms with Crippen molar-refractivity contribution in [3.8, 4) is 0 Å². The van der Waals surface area contributed by atoms with Crippen molar-refractivity contribution in [2.75, 3.05) is 23.9 Å². The average Bonchev–Trinajstić information content (AvgIpc) is 2.83. The Kier molecular flexibility index (Phi) is 4.78. The van der Waals surface area contributed by atoms with Crippen LogP contribution in [0.4, 0.5) is 30.6 Å². The molecule has 0 spiro atoms. The Morgan fingerprint density at radius 3 is 2.52 bits per heavy atom. The molecule has 27 heavy (non-hydrogen) atoms. The number of nitrogens with one attached hydrogen (secondary N) is 2. The lowest BCUT2D eigenvalue weighted by molar-refractivity contribution is -0.137. The number of aromatic nitrogens is 4. The Morgan fingerprint density at radius 1 is 1.30 bits per heavy atom. The van der Waals surface area contributed by atoms with Crippen molar-refractivity contribution in [1.82, 2.24) is 19.7 Å². The van der Waals surface area contributed by atoms with E-state index in [1.165, 1.54) is 13.3 Å². The second kappa shape index (κ2) is 6.66. The van der Waals surface area contributed by atoms with Crippen LogP contribution >= 0.6 is 0 Å². The van der Waals surface area contributed by atoms with Gasteiger partial charge in [-0.15, -0.1) is 0 Å². The fourth-order valence-electron chi connectivity index (χ4n) is 2.86. The maximum atomic E-state index is 12.9. The molecule has 2 aromatic rings. The van der Waals surface area contributed by atoms with Crippen LogP contribution in [0, 0.1) is 6.92 Å². The third kappa shape index (κ3) is 3.99. The molecular weight excluding hydrogens is 385 g/mol. The summed E-state index contributed by atoms with van der Waals surface area (Å²) in [7, 11) is -1.71. The molecule has 0 aliphatic heterocycles. The zero-order valence-electron chi connectivity index (χ0n) is 14.9. The van der Waals surface area contributed by atoms with Gasteiger partial charge in [0.05, 0.1) is 22.7 Å². The van der Waals surface area contributed by atoms with Crippen LogP contribution in [0.5, 0.6) is 0 Å². The first kappa shape index (κ1) is 19.4. The summed E-state index contributed by atoms with van der Waals surface area (Å²) in [6.45, 7) is 1.73. The average molecular weight is 404 g/mol. The van der Waals surface area contributed by atoms with Crippen LogP contribution in [0.25, 0.3) is 0 Å². The van der Waals surface area contributed by atoms with Crippen LogP contribution in [0.2, 0.25) is 0 Å². The fourth-order valence-corrected chi connectivity index (χ4v) is 4.00. The Labute approximate surface area is 154 Å². The van der Waals surface area contributed by atoms with E-state index >= 15 is 0 Å². The molecule has 1 aliphatic rings. The second-order valence-corrected chi connectivity index (χ2v) is 8.84. The van der Waals surface area contributed by atoms with E-state index in [2.05, 4.69) is 25.7 Å². The van der Waals surface area contributed by atoms with Crippen molar-refractivity contribution in [2.24, 2.45) is 0 Å². The SMILES string of the molecule is CNc1nc(Nc2cn([C@H]3C[C@@H](S(C)(=O)=O)C3)nc2C)ncc1C(F)(F)F. The van der Waals surface area contributed by atoms with Crippen LogP contribution in [0.1, 0.15) is 30.1 Å². The van der Waals surface area contributed by atoms with E-state index in [1.54, 1.807) is 17.8 Å². The van der Waals surface area contributed by atoms with Crippen LogP contribution in [-0.2, 0) is 16.0 Å². The number of nitrogens with zero attached hydrogens (tertiary/aromatic N) is 4.